The number of methoxy groups -OCH3 is 1. The molecule has 0 heterocycles. The number of esters is 1. The monoisotopic (exact) mass is 150 g/mol. The van der Waals surface area contributed by atoms with E-state index in [1.807, 2.05) is 0 Å². The van der Waals surface area contributed by atoms with Gasteiger partial charge in [0.25, 0.3) is 0 Å². The summed E-state index contributed by atoms with van der Waals surface area (Å²) in [5.74, 6) is -0.384. The van der Waals surface area contributed by atoms with E-state index in [1.165, 1.54) is 13.2 Å². The molecule has 3 nitrogen and oxygen atoms in total. The lowest BCUT2D eigenvalue weighted by molar-refractivity contribution is 0.0601. The second kappa shape index (κ2) is 3.05. The third-order valence-electron chi connectivity index (χ3n) is 1.24. The van der Waals surface area contributed by atoms with Crippen LogP contribution in [0.2, 0.25) is 0 Å². The van der Waals surface area contributed by atoms with E-state index >= 15 is 0 Å². The topological polar surface area (TPSA) is 52.3 Å². The highest BCUT2D eigenvalue weighted by atomic mass is 16.5. The van der Waals surface area contributed by atoms with Crippen molar-refractivity contribution in [2.24, 2.45) is 0 Å². The van der Waals surface area contributed by atoms with Gasteiger partial charge in [0, 0.05) is 11.8 Å². The Labute approximate surface area is 64.8 Å². The van der Waals surface area contributed by atoms with Crippen molar-refractivity contribution in [2.45, 2.75) is 0 Å². The van der Waals surface area contributed by atoms with Crippen molar-refractivity contribution in [1.29, 1.82) is 0 Å². The molecule has 0 aliphatic heterocycles. The molecule has 0 aliphatic rings. The molecule has 0 aliphatic carbocycles. The molecule has 0 unspecified atom stereocenters. The Kier molecular flexibility index (Phi) is 2.11. The van der Waals surface area contributed by atoms with E-state index in [9.17, 15) is 4.79 Å². The van der Waals surface area contributed by atoms with Gasteiger partial charge in [0.1, 0.15) is 0 Å². The molecule has 0 spiro atoms. The molecule has 0 fully saturated rings. The van der Waals surface area contributed by atoms with Crippen LogP contribution in [0.15, 0.2) is 18.2 Å². The molecule has 1 rings (SSSR count). The van der Waals surface area contributed by atoms with Crippen LogP contribution < -0.4 is 5.73 Å². The van der Waals surface area contributed by atoms with Crippen LogP contribution in [0.4, 0.5) is 5.69 Å². The molecule has 3 heteroatoms. The summed E-state index contributed by atoms with van der Waals surface area (Å²) in [6.45, 7) is 0. The van der Waals surface area contributed by atoms with Gasteiger partial charge in [-0.15, -0.1) is 0 Å². The maximum Gasteiger partial charge on any atom is 0.337 e. The van der Waals surface area contributed by atoms with Crippen LogP contribution in [-0.2, 0) is 4.74 Å². The largest absolute Gasteiger partial charge is 0.465 e. The molecule has 0 amide bonds. The second-order valence-electron chi connectivity index (χ2n) is 2.02. The second-order valence-corrected chi connectivity index (χ2v) is 2.02. The fourth-order valence-corrected chi connectivity index (χ4v) is 0.730. The summed E-state index contributed by atoms with van der Waals surface area (Å²) in [6.07, 6.45) is 0. The number of anilines is 1. The van der Waals surface area contributed by atoms with Crippen LogP contribution in [0.5, 0.6) is 0 Å². The number of nitrogens with two attached hydrogens (primary N) is 1. The van der Waals surface area contributed by atoms with Gasteiger partial charge in [-0.05, 0) is 12.1 Å². The Bertz CT molecular complexity index is 271. The smallest absolute Gasteiger partial charge is 0.337 e. The number of hydrogen-bond donors (Lipinski definition) is 1. The van der Waals surface area contributed by atoms with Crippen molar-refractivity contribution in [3.05, 3.63) is 29.8 Å². The predicted octanol–water partition coefficient (Wildman–Crippen LogP) is 0.856. The molecule has 2 N–H and O–H groups in total. The Morgan fingerprint density at radius 3 is 3.00 bits per heavy atom. The number of hydrogen-bond acceptors (Lipinski definition) is 3. The van der Waals surface area contributed by atoms with Crippen molar-refractivity contribution in [2.75, 3.05) is 12.8 Å². The Morgan fingerprint density at radius 1 is 1.73 bits per heavy atom. The lowest BCUT2D eigenvalue weighted by atomic mass is 10.2. The van der Waals surface area contributed by atoms with Crippen LogP contribution in [0.25, 0.3) is 0 Å². The highest BCUT2D eigenvalue weighted by Gasteiger charge is 2.03. The fourth-order valence-electron chi connectivity index (χ4n) is 0.730. The van der Waals surface area contributed by atoms with Gasteiger partial charge >= 0.3 is 5.97 Å². The molecule has 0 bridgehead atoms. The van der Waals surface area contributed by atoms with Crippen LogP contribution in [0.1, 0.15) is 10.4 Å². The first-order valence-corrected chi connectivity index (χ1v) is 3.09. The normalized spacial score (nSPS) is 9.18. The molecular weight excluding hydrogens is 142 g/mol. The molecule has 0 saturated heterocycles. The zero-order valence-electron chi connectivity index (χ0n) is 6.13. The number of rotatable bonds is 1. The van der Waals surface area contributed by atoms with Gasteiger partial charge in [-0.25, -0.2) is 4.79 Å². The van der Waals surface area contributed by atoms with E-state index in [0.29, 0.717) is 11.3 Å². The zero-order chi connectivity index (χ0) is 8.27. The van der Waals surface area contributed by atoms with Gasteiger partial charge < -0.3 is 10.5 Å². The predicted molar refractivity (Wildman–Crippen MR) is 41.0 cm³/mol. The third kappa shape index (κ3) is 1.70. The number of carbonyl (C=O) groups excluding carboxylic acids is 1. The van der Waals surface area contributed by atoms with Crippen molar-refractivity contribution >= 4 is 11.7 Å². The van der Waals surface area contributed by atoms with E-state index in [0.717, 1.165) is 0 Å². The summed E-state index contributed by atoms with van der Waals surface area (Å²) in [7, 11) is 1.33. The highest BCUT2D eigenvalue weighted by molar-refractivity contribution is 5.90. The molecule has 57 valence electrons. The average molecular weight is 150 g/mol. The van der Waals surface area contributed by atoms with Crippen molar-refractivity contribution in [3.8, 4) is 0 Å². The molecule has 0 saturated carbocycles. The number of nitrogen functional groups attached to an aromatic ring is 1. The first-order chi connectivity index (χ1) is 5.24. The van der Waals surface area contributed by atoms with Gasteiger partial charge in [-0.2, -0.15) is 0 Å². The molecule has 11 heavy (non-hydrogen) atoms. The van der Waals surface area contributed by atoms with Crippen LogP contribution in [0.3, 0.4) is 0 Å². The van der Waals surface area contributed by atoms with Crippen molar-refractivity contribution < 1.29 is 9.53 Å². The lowest BCUT2D eigenvalue weighted by Crippen LogP contribution is -2.01. The van der Waals surface area contributed by atoms with Gasteiger partial charge in [-0.1, -0.05) is 6.07 Å². The van der Waals surface area contributed by atoms with E-state index < -0.39 is 0 Å². The van der Waals surface area contributed by atoms with Gasteiger partial charge in [0.05, 0.1) is 12.7 Å². The minimum atomic E-state index is -0.384. The van der Waals surface area contributed by atoms with Gasteiger partial charge in [0.15, 0.2) is 0 Å². The first kappa shape index (κ1) is 7.60. The first-order valence-electron chi connectivity index (χ1n) is 3.09. The number of benzene rings is 1. The summed E-state index contributed by atoms with van der Waals surface area (Å²) >= 11 is 0. The lowest BCUT2D eigenvalue weighted by Gasteiger charge is -1.98. The molecular formula is C8H8NO2. The van der Waals surface area contributed by atoms with Crippen LogP contribution >= 0.6 is 0 Å². The van der Waals surface area contributed by atoms with E-state index in [4.69, 9.17) is 5.73 Å². The van der Waals surface area contributed by atoms with E-state index in [-0.39, 0.29) is 5.97 Å². The van der Waals surface area contributed by atoms with Gasteiger partial charge in [0.2, 0.25) is 0 Å². The number of carbonyl (C=O) groups is 1. The molecule has 0 atom stereocenters. The summed E-state index contributed by atoms with van der Waals surface area (Å²) in [6, 6.07) is 7.42. The molecule has 0 aromatic heterocycles. The summed E-state index contributed by atoms with van der Waals surface area (Å²) < 4.78 is 4.48. The maximum absolute atomic E-state index is 10.9. The van der Waals surface area contributed by atoms with E-state index in [2.05, 4.69) is 10.8 Å². The van der Waals surface area contributed by atoms with Crippen molar-refractivity contribution in [3.63, 3.8) is 0 Å². The SMILES string of the molecule is COC(=O)c1cc[c]c(N)c1. The standard InChI is InChI=1S/C8H8NO2/c1-11-8(10)6-3-2-4-7(9)5-6/h2-3,5H,9H2,1H3. The Balaban J connectivity index is 2.96. The minimum absolute atomic E-state index is 0.384. The summed E-state index contributed by atoms with van der Waals surface area (Å²) in [4.78, 5) is 10.9. The zero-order valence-corrected chi connectivity index (χ0v) is 6.13. The fraction of sp³-hybridized carbons (Fsp3) is 0.125. The van der Waals surface area contributed by atoms with Crippen LogP contribution in [-0.4, -0.2) is 13.1 Å². The van der Waals surface area contributed by atoms with Crippen LogP contribution in [0, 0.1) is 6.07 Å². The molecule has 1 aromatic rings. The quantitative estimate of drug-likeness (QED) is 0.477. The van der Waals surface area contributed by atoms with Crippen molar-refractivity contribution in [1.82, 2.24) is 0 Å². The highest BCUT2D eigenvalue weighted by Crippen LogP contribution is 2.06. The number of ether oxygens (including phenoxy) is 1. The summed E-state index contributed by atoms with van der Waals surface area (Å²) in [5.41, 5.74) is 6.27. The Morgan fingerprint density at radius 2 is 2.45 bits per heavy atom. The van der Waals surface area contributed by atoms with E-state index in [1.54, 1.807) is 12.1 Å². The summed E-state index contributed by atoms with van der Waals surface area (Å²) in [5, 5.41) is 0. The Hall–Kier alpha value is -1.51. The minimum Gasteiger partial charge on any atom is -0.465 e. The average Bonchev–Trinajstić information content (AvgIpc) is 2.03. The van der Waals surface area contributed by atoms with Gasteiger partial charge in [-0.3, -0.25) is 0 Å². The third-order valence-corrected chi connectivity index (χ3v) is 1.24. The maximum atomic E-state index is 10.9. The molecule has 1 aromatic carbocycles. The molecule has 1 radical (unpaired) electrons.